The van der Waals surface area contributed by atoms with Crippen molar-refractivity contribution < 1.29 is 4.79 Å². The molecule has 23 heavy (non-hydrogen) atoms. The van der Waals surface area contributed by atoms with Crippen LogP contribution in [0.15, 0.2) is 0 Å². The highest BCUT2D eigenvalue weighted by Gasteiger charge is 2.51. The third-order valence-corrected chi connectivity index (χ3v) is 7.11. The standard InChI is InChI=1S/C19H33N3O/c23-18(19-9-2-1-6-16(19)14-20-15-19)22-12-5-7-17(8-13-22)21-10-3-4-11-21/h16-17,20H,1-15H2/t16-,17?,19+/m0/s1. The number of carbonyl (C=O) groups is 1. The van der Waals surface area contributed by atoms with Crippen molar-refractivity contribution in [3.05, 3.63) is 0 Å². The van der Waals surface area contributed by atoms with Crippen LogP contribution in [0.3, 0.4) is 0 Å². The summed E-state index contributed by atoms with van der Waals surface area (Å²) in [7, 11) is 0. The second-order valence-corrected chi connectivity index (χ2v) is 8.35. The Balaban J connectivity index is 1.42. The van der Waals surface area contributed by atoms with Crippen LogP contribution in [0.1, 0.15) is 57.8 Å². The van der Waals surface area contributed by atoms with Crippen molar-refractivity contribution in [2.45, 2.75) is 63.8 Å². The summed E-state index contributed by atoms with van der Waals surface area (Å²) < 4.78 is 0. The van der Waals surface area contributed by atoms with Crippen LogP contribution in [0.2, 0.25) is 0 Å². The zero-order valence-electron chi connectivity index (χ0n) is 14.6. The molecule has 130 valence electrons. The van der Waals surface area contributed by atoms with Gasteiger partial charge in [-0.1, -0.05) is 12.8 Å². The lowest BCUT2D eigenvalue weighted by Gasteiger charge is -2.40. The van der Waals surface area contributed by atoms with Gasteiger partial charge >= 0.3 is 0 Å². The Morgan fingerprint density at radius 1 is 0.913 bits per heavy atom. The summed E-state index contributed by atoms with van der Waals surface area (Å²) in [5, 5.41) is 3.54. The monoisotopic (exact) mass is 319 g/mol. The Bertz CT molecular complexity index is 434. The van der Waals surface area contributed by atoms with Crippen molar-refractivity contribution in [3.8, 4) is 0 Å². The van der Waals surface area contributed by atoms with Crippen molar-refractivity contribution in [1.82, 2.24) is 15.1 Å². The summed E-state index contributed by atoms with van der Waals surface area (Å²) in [6.07, 6.45) is 11.4. The summed E-state index contributed by atoms with van der Waals surface area (Å²) in [4.78, 5) is 18.3. The quantitative estimate of drug-likeness (QED) is 0.848. The molecule has 4 heteroatoms. The molecule has 0 bridgehead atoms. The molecular weight excluding hydrogens is 286 g/mol. The zero-order chi connectivity index (χ0) is 15.7. The van der Waals surface area contributed by atoms with E-state index in [9.17, 15) is 4.79 Å². The van der Waals surface area contributed by atoms with Gasteiger partial charge in [0.1, 0.15) is 0 Å². The summed E-state index contributed by atoms with van der Waals surface area (Å²) in [5.74, 6) is 1.09. The van der Waals surface area contributed by atoms with Crippen molar-refractivity contribution in [1.29, 1.82) is 0 Å². The molecule has 4 rings (SSSR count). The molecule has 3 aliphatic heterocycles. The lowest BCUT2D eigenvalue weighted by atomic mass is 9.67. The maximum absolute atomic E-state index is 13.4. The Kier molecular flexibility index (Phi) is 4.64. The van der Waals surface area contributed by atoms with Gasteiger partial charge in [0.05, 0.1) is 5.41 Å². The van der Waals surface area contributed by atoms with Gasteiger partial charge in [-0.2, -0.15) is 0 Å². The SMILES string of the molecule is O=C(N1CCCC(N2CCCC2)CC1)[C@@]12CCCC[C@H]1CNC2. The van der Waals surface area contributed by atoms with Gasteiger partial charge in [-0.15, -0.1) is 0 Å². The minimum absolute atomic E-state index is 0.0499. The molecule has 1 aliphatic carbocycles. The third kappa shape index (κ3) is 2.93. The number of amides is 1. The van der Waals surface area contributed by atoms with E-state index in [-0.39, 0.29) is 5.41 Å². The van der Waals surface area contributed by atoms with Crippen LogP contribution in [0, 0.1) is 11.3 Å². The lowest BCUT2D eigenvalue weighted by molar-refractivity contribution is -0.145. The van der Waals surface area contributed by atoms with E-state index in [1.54, 1.807) is 0 Å². The number of likely N-dealkylation sites (tertiary alicyclic amines) is 2. The van der Waals surface area contributed by atoms with Crippen LogP contribution in [0.25, 0.3) is 0 Å². The van der Waals surface area contributed by atoms with E-state index in [1.807, 2.05) is 0 Å². The Morgan fingerprint density at radius 2 is 1.78 bits per heavy atom. The molecule has 0 aromatic rings. The van der Waals surface area contributed by atoms with E-state index in [0.29, 0.717) is 11.8 Å². The van der Waals surface area contributed by atoms with Crippen molar-refractivity contribution in [2.75, 3.05) is 39.3 Å². The van der Waals surface area contributed by atoms with E-state index >= 15 is 0 Å². The van der Waals surface area contributed by atoms with Gasteiger partial charge in [-0.25, -0.2) is 0 Å². The topological polar surface area (TPSA) is 35.6 Å². The van der Waals surface area contributed by atoms with Crippen molar-refractivity contribution >= 4 is 5.91 Å². The lowest BCUT2D eigenvalue weighted by Crippen LogP contribution is -2.50. The van der Waals surface area contributed by atoms with E-state index < -0.39 is 0 Å². The molecule has 0 radical (unpaired) electrons. The van der Waals surface area contributed by atoms with Crippen LogP contribution >= 0.6 is 0 Å². The molecule has 4 aliphatic rings. The average molecular weight is 319 g/mol. The molecule has 1 unspecified atom stereocenters. The number of hydrogen-bond acceptors (Lipinski definition) is 3. The second kappa shape index (κ2) is 6.72. The van der Waals surface area contributed by atoms with Crippen molar-refractivity contribution in [3.63, 3.8) is 0 Å². The zero-order valence-corrected chi connectivity index (χ0v) is 14.6. The summed E-state index contributed by atoms with van der Waals surface area (Å²) in [6, 6.07) is 0.733. The molecule has 0 aromatic carbocycles. The van der Waals surface area contributed by atoms with Crippen LogP contribution in [0.5, 0.6) is 0 Å². The molecule has 1 N–H and O–H groups in total. The summed E-state index contributed by atoms with van der Waals surface area (Å²) in [5.41, 5.74) is -0.0499. The van der Waals surface area contributed by atoms with Gasteiger partial charge in [0.25, 0.3) is 0 Å². The van der Waals surface area contributed by atoms with Gasteiger partial charge in [-0.05, 0) is 70.5 Å². The minimum atomic E-state index is -0.0499. The van der Waals surface area contributed by atoms with Gasteiger partial charge < -0.3 is 15.1 Å². The largest absolute Gasteiger partial charge is 0.342 e. The molecule has 1 saturated carbocycles. The van der Waals surface area contributed by atoms with Crippen LogP contribution in [-0.2, 0) is 4.79 Å². The van der Waals surface area contributed by atoms with Gasteiger partial charge in [0.15, 0.2) is 0 Å². The molecule has 0 aromatic heterocycles. The van der Waals surface area contributed by atoms with Crippen LogP contribution in [0.4, 0.5) is 0 Å². The number of carbonyl (C=O) groups excluding carboxylic acids is 1. The molecular formula is C19H33N3O. The van der Waals surface area contributed by atoms with E-state index in [4.69, 9.17) is 0 Å². The highest BCUT2D eigenvalue weighted by Crippen LogP contribution is 2.45. The Morgan fingerprint density at radius 3 is 2.65 bits per heavy atom. The first-order valence-corrected chi connectivity index (χ1v) is 10.0. The molecule has 0 spiro atoms. The minimum Gasteiger partial charge on any atom is -0.342 e. The Labute approximate surface area is 141 Å². The van der Waals surface area contributed by atoms with E-state index in [0.717, 1.165) is 38.6 Å². The summed E-state index contributed by atoms with van der Waals surface area (Å²) >= 11 is 0. The Hall–Kier alpha value is -0.610. The molecule has 3 heterocycles. The fraction of sp³-hybridized carbons (Fsp3) is 0.947. The molecule has 3 saturated heterocycles. The first-order chi connectivity index (χ1) is 11.3. The second-order valence-electron chi connectivity index (χ2n) is 8.35. The van der Waals surface area contributed by atoms with Crippen LogP contribution < -0.4 is 5.32 Å². The van der Waals surface area contributed by atoms with Crippen LogP contribution in [-0.4, -0.2) is 61.0 Å². The smallest absolute Gasteiger partial charge is 0.230 e. The van der Waals surface area contributed by atoms with Crippen molar-refractivity contribution in [2.24, 2.45) is 11.3 Å². The maximum atomic E-state index is 13.4. The average Bonchev–Trinajstić information content (AvgIpc) is 3.20. The highest BCUT2D eigenvalue weighted by molar-refractivity contribution is 5.84. The van der Waals surface area contributed by atoms with E-state index in [1.165, 1.54) is 64.5 Å². The number of hydrogen-bond donors (Lipinski definition) is 1. The van der Waals surface area contributed by atoms with Gasteiger partial charge in [0, 0.05) is 25.7 Å². The number of rotatable bonds is 2. The predicted molar refractivity (Wildman–Crippen MR) is 92.3 cm³/mol. The van der Waals surface area contributed by atoms with Gasteiger partial charge in [-0.3, -0.25) is 4.79 Å². The fourth-order valence-electron chi connectivity index (χ4n) is 5.74. The molecule has 1 amide bonds. The number of nitrogens with one attached hydrogen (secondary N) is 1. The molecule has 4 fully saturated rings. The maximum Gasteiger partial charge on any atom is 0.230 e. The highest BCUT2D eigenvalue weighted by atomic mass is 16.2. The normalized spacial score (nSPS) is 39.2. The fourth-order valence-corrected chi connectivity index (χ4v) is 5.74. The summed E-state index contributed by atoms with van der Waals surface area (Å²) in [6.45, 7) is 6.56. The van der Waals surface area contributed by atoms with Gasteiger partial charge in [0.2, 0.25) is 5.91 Å². The number of fused-ring (bicyclic) bond motifs is 1. The van der Waals surface area contributed by atoms with E-state index in [2.05, 4.69) is 15.1 Å². The number of nitrogens with zero attached hydrogens (tertiary/aromatic N) is 2. The molecule has 3 atom stereocenters. The first kappa shape index (κ1) is 15.9. The predicted octanol–water partition coefficient (Wildman–Crippen LogP) is 2.24. The first-order valence-electron chi connectivity index (χ1n) is 10.0. The third-order valence-electron chi connectivity index (χ3n) is 7.11. The molecule has 4 nitrogen and oxygen atoms in total.